The molecule has 1 rings (SSSR count). The molecule has 2 N–H and O–H groups in total. The van der Waals surface area contributed by atoms with Gasteiger partial charge in [0.15, 0.2) is 5.82 Å². The number of aromatic nitrogens is 2. The Kier molecular flexibility index (Phi) is 3.50. The van der Waals surface area contributed by atoms with Gasteiger partial charge in [0.05, 0.1) is 5.69 Å². The minimum Gasteiger partial charge on any atom is -0.365 e. The fraction of sp³-hybridized carbons (Fsp3) is 0.444. The zero-order chi connectivity index (χ0) is 10.6. The van der Waals surface area contributed by atoms with Crippen LogP contribution in [0.15, 0.2) is 6.20 Å². The summed E-state index contributed by atoms with van der Waals surface area (Å²) in [4.78, 5) is 8.11. The van der Waals surface area contributed by atoms with Gasteiger partial charge in [-0.15, -0.1) is 0 Å². The number of aryl methyl sites for hydroxylation is 1. The summed E-state index contributed by atoms with van der Waals surface area (Å²) >= 11 is 0. The Morgan fingerprint density at radius 2 is 2.43 bits per heavy atom. The molecular weight excluding hydrogens is 183 g/mol. The van der Waals surface area contributed by atoms with Crippen molar-refractivity contribution >= 4 is 12.0 Å². The van der Waals surface area contributed by atoms with Crippen molar-refractivity contribution in [1.82, 2.24) is 9.97 Å². The van der Waals surface area contributed by atoms with Gasteiger partial charge >= 0.3 is 0 Å². The van der Waals surface area contributed by atoms with Crippen molar-refractivity contribution in [2.45, 2.75) is 20.0 Å². The maximum Gasteiger partial charge on any atom is 0.153 e. The van der Waals surface area contributed by atoms with E-state index in [1.54, 1.807) is 13.1 Å². The molecule has 4 nitrogen and oxygen atoms in total. The summed E-state index contributed by atoms with van der Waals surface area (Å²) in [6.07, 6.45) is 1.72. The molecule has 76 valence electrons. The van der Waals surface area contributed by atoms with E-state index in [9.17, 15) is 4.39 Å². The molecule has 14 heavy (non-hydrogen) atoms. The van der Waals surface area contributed by atoms with Gasteiger partial charge in [-0.1, -0.05) is 0 Å². The first-order valence-corrected chi connectivity index (χ1v) is 4.35. The van der Waals surface area contributed by atoms with Crippen molar-refractivity contribution in [1.29, 1.82) is 5.41 Å². The quantitative estimate of drug-likeness (QED) is 0.718. The van der Waals surface area contributed by atoms with Gasteiger partial charge in [0, 0.05) is 19.0 Å². The van der Waals surface area contributed by atoms with Gasteiger partial charge in [-0.3, -0.25) is 0 Å². The Morgan fingerprint density at radius 3 is 3.00 bits per heavy atom. The lowest BCUT2D eigenvalue weighted by Crippen LogP contribution is -2.14. The van der Waals surface area contributed by atoms with E-state index in [-0.39, 0.29) is 6.54 Å². The topological polar surface area (TPSA) is 61.7 Å². The molecule has 0 aliphatic rings. The highest BCUT2D eigenvalue weighted by molar-refractivity contribution is 5.81. The van der Waals surface area contributed by atoms with E-state index in [0.717, 1.165) is 11.9 Å². The van der Waals surface area contributed by atoms with Gasteiger partial charge in [-0.2, -0.15) is 0 Å². The van der Waals surface area contributed by atoms with Crippen LogP contribution in [-0.2, 0) is 0 Å². The van der Waals surface area contributed by atoms with Gasteiger partial charge in [0.25, 0.3) is 0 Å². The molecule has 1 heterocycles. The first-order valence-electron chi connectivity index (χ1n) is 4.35. The minimum absolute atomic E-state index is 0.180. The Bertz CT molecular complexity index is 325. The van der Waals surface area contributed by atoms with E-state index in [4.69, 9.17) is 5.41 Å². The lowest BCUT2D eigenvalue weighted by atomic mass is 10.3. The third-order valence-electron chi connectivity index (χ3n) is 1.61. The summed E-state index contributed by atoms with van der Waals surface area (Å²) in [6, 6.07) is 0. The van der Waals surface area contributed by atoms with Crippen LogP contribution in [-0.4, -0.2) is 28.9 Å². The molecule has 0 spiro atoms. The number of nitrogens with one attached hydrogen (secondary N) is 2. The van der Waals surface area contributed by atoms with Crippen LogP contribution in [0, 0.1) is 12.3 Å². The lowest BCUT2D eigenvalue weighted by Gasteiger charge is -2.08. The summed E-state index contributed by atoms with van der Waals surface area (Å²) in [5.74, 6) is 0.463. The van der Waals surface area contributed by atoms with E-state index in [0.29, 0.717) is 11.5 Å². The molecule has 0 saturated carbocycles. The van der Waals surface area contributed by atoms with Crippen molar-refractivity contribution in [3.8, 4) is 0 Å². The highest BCUT2D eigenvalue weighted by atomic mass is 19.1. The molecule has 0 radical (unpaired) electrons. The van der Waals surface area contributed by atoms with Crippen LogP contribution in [0.5, 0.6) is 0 Å². The van der Waals surface area contributed by atoms with Crippen molar-refractivity contribution in [2.24, 2.45) is 0 Å². The summed E-state index contributed by atoms with van der Waals surface area (Å²) in [7, 11) is 0. The van der Waals surface area contributed by atoms with Crippen LogP contribution in [0.2, 0.25) is 0 Å². The average molecular weight is 196 g/mol. The van der Waals surface area contributed by atoms with E-state index in [1.165, 1.54) is 6.92 Å². The number of hydrogen-bond donors (Lipinski definition) is 2. The zero-order valence-electron chi connectivity index (χ0n) is 8.21. The van der Waals surface area contributed by atoms with Crippen molar-refractivity contribution < 1.29 is 4.39 Å². The smallest absolute Gasteiger partial charge is 0.153 e. The first kappa shape index (κ1) is 10.6. The second kappa shape index (κ2) is 4.64. The molecular formula is C9H13FN4. The predicted molar refractivity (Wildman–Crippen MR) is 53.7 cm³/mol. The molecule has 1 aromatic heterocycles. The van der Waals surface area contributed by atoms with Crippen LogP contribution in [0.4, 0.5) is 10.2 Å². The highest BCUT2D eigenvalue weighted by Crippen LogP contribution is 2.07. The maximum absolute atomic E-state index is 12.6. The van der Waals surface area contributed by atoms with Crippen LogP contribution >= 0.6 is 0 Å². The summed E-state index contributed by atoms with van der Waals surface area (Å²) in [6.45, 7) is 3.43. The van der Waals surface area contributed by atoms with Crippen LogP contribution in [0.1, 0.15) is 18.3 Å². The Hall–Kier alpha value is -1.52. The molecule has 5 heteroatoms. The van der Waals surface area contributed by atoms with Gasteiger partial charge in [-0.05, 0) is 13.8 Å². The van der Waals surface area contributed by atoms with Gasteiger partial charge < -0.3 is 10.7 Å². The van der Waals surface area contributed by atoms with Crippen LogP contribution in [0.25, 0.3) is 0 Å². The molecule has 0 saturated heterocycles. The summed E-state index contributed by atoms with van der Waals surface area (Å²) in [5.41, 5.74) is 1.17. The average Bonchev–Trinajstić information content (AvgIpc) is 2.15. The van der Waals surface area contributed by atoms with E-state index < -0.39 is 6.17 Å². The SMILES string of the molecule is Cc1cnc(C=N)c(NCC(C)F)n1. The summed E-state index contributed by atoms with van der Waals surface area (Å²) in [5, 5.41) is 9.88. The van der Waals surface area contributed by atoms with Crippen molar-refractivity contribution in [3.05, 3.63) is 17.6 Å². The molecule has 0 fully saturated rings. The molecule has 1 unspecified atom stereocenters. The Labute approximate surface area is 82.1 Å². The standard InChI is InChI=1S/C9H13FN4/c1-6(10)4-13-9-8(3-11)12-5-7(2)14-9/h3,5-6,11H,4H2,1-2H3,(H,13,14). The molecule has 0 amide bonds. The summed E-state index contributed by atoms with van der Waals surface area (Å²) < 4.78 is 12.6. The largest absolute Gasteiger partial charge is 0.365 e. The third-order valence-corrected chi connectivity index (χ3v) is 1.61. The molecule has 0 aliphatic carbocycles. The molecule has 1 aromatic rings. The number of nitrogens with zero attached hydrogens (tertiary/aromatic N) is 2. The highest BCUT2D eigenvalue weighted by Gasteiger charge is 2.05. The second-order valence-corrected chi connectivity index (χ2v) is 3.05. The third kappa shape index (κ3) is 2.76. The predicted octanol–water partition coefficient (Wildman–Crippen LogP) is 1.55. The lowest BCUT2D eigenvalue weighted by molar-refractivity contribution is 0.378. The number of rotatable bonds is 4. The van der Waals surface area contributed by atoms with Crippen molar-refractivity contribution in [2.75, 3.05) is 11.9 Å². The molecule has 0 aliphatic heterocycles. The van der Waals surface area contributed by atoms with Gasteiger partial charge in [0.1, 0.15) is 11.9 Å². The minimum atomic E-state index is -0.948. The van der Waals surface area contributed by atoms with Gasteiger partial charge in [0.2, 0.25) is 0 Å². The number of halogens is 1. The normalized spacial score (nSPS) is 12.2. The van der Waals surface area contributed by atoms with Crippen molar-refractivity contribution in [3.63, 3.8) is 0 Å². The first-order chi connectivity index (χ1) is 6.63. The second-order valence-electron chi connectivity index (χ2n) is 3.05. The number of anilines is 1. The van der Waals surface area contributed by atoms with Gasteiger partial charge in [-0.25, -0.2) is 14.4 Å². The van der Waals surface area contributed by atoms with E-state index >= 15 is 0 Å². The molecule has 0 aromatic carbocycles. The van der Waals surface area contributed by atoms with E-state index in [1.807, 2.05) is 0 Å². The van der Waals surface area contributed by atoms with Crippen LogP contribution < -0.4 is 5.32 Å². The number of alkyl halides is 1. The fourth-order valence-corrected chi connectivity index (χ4v) is 0.960. The Morgan fingerprint density at radius 1 is 1.71 bits per heavy atom. The number of hydrogen-bond acceptors (Lipinski definition) is 4. The fourth-order valence-electron chi connectivity index (χ4n) is 0.960. The van der Waals surface area contributed by atoms with Crippen LogP contribution in [0.3, 0.4) is 0 Å². The van der Waals surface area contributed by atoms with E-state index in [2.05, 4.69) is 15.3 Å². The molecule has 0 bridgehead atoms. The monoisotopic (exact) mass is 196 g/mol. The Balaban J connectivity index is 2.82. The maximum atomic E-state index is 12.6. The zero-order valence-corrected chi connectivity index (χ0v) is 8.21. The molecule has 1 atom stereocenters.